The highest BCUT2D eigenvalue weighted by molar-refractivity contribution is 6.39. The van der Waals surface area contributed by atoms with Crippen molar-refractivity contribution in [3.05, 3.63) is 48.5 Å². The number of oxazole rings is 1. The third kappa shape index (κ3) is 5.23. The van der Waals surface area contributed by atoms with Crippen LogP contribution in [0.1, 0.15) is 19.8 Å². The number of hydrogen-bond donors (Lipinski definition) is 3. The number of hydrogen-bond acceptors (Lipinski definition) is 6. The molecule has 1 aromatic heterocycles. The monoisotopic (exact) mass is 435 g/mol. The summed E-state index contributed by atoms with van der Waals surface area (Å²) in [6.45, 7) is 3.41. The Labute approximate surface area is 185 Å². The normalized spacial score (nSPS) is 14.2. The van der Waals surface area contributed by atoms with Crippen LogP contribution in [0, 0.1) is 5.92 Å². The van der Waals surface area contributed by atoms with Gasteiger partial charge in [0.15, 0.2) is 5.58 Å². The first-order valence-corrected chi connectivity index (χ1v) is 10.6. The average molecular weight is 435 g/mol. The summed E-state index contributed by atoms with van der Waals surface area (Å²) >= 11 is 0. The smallest absolute Gasteiger partial charge is 0.313 e. The Morgan fingerprint density at radius 3 is 2.28 bits per heavy atom. The van der Waals surface area contributed by atoms with Crippen LogP contribution < -0.4 is 20.9 Å². The Kier molecular flexibility index (Phi) is 6.34. The van der Waals surface area contributed by atoms with Gasteiger partial charge < -0.3 is 25.3 Å². The number of aromatic nitrogens is 1. The quantitative estimate of drug-likeness (QED) is 0.531. The van der Waals surface area contributed by atoms with Gasteiger partial charge in [0.25, 0.3) is 6.01 Å². The second-order valence-electron chi connectivity index (χ2n) is 7.82. The first-order chi connectivity index (χ1) is 15.5. The Hall–Kier alpha value is -3.88. The molecule has 166 valence electrons. The van der Waals surface area contributed by atoms with Crippen LogP contribution in [-0.4, -0.2) is 42.3 Å². The van der Waals surface area contributed by atoms with Crippen LogP contribution in [-0.2, 0) is 14.4 Å². The standard InChI is InChI=1S/C23H25N5O4/c1-15(29)25-17-6-8-18(9-7-17)26-22(31)21(30)24-14-16-10-12-28(13-11-16)23-27-19-4-2-3-5-20(19)32-23/h2-9,16H,10-14H2,1H3,(H,24,30)(H,25,29)(H,26,31). The molecule has 0 atom stereocenters. The number of nitrogens with zero attached hydrogens (tertiary/aromatic N) is 2. The third-order valence-electron chi connectivity index (χ3n) is 5.39. The Morgan fingerprint density at radius 1 is 0.969 bits per heavy atom. The Balaban J connectivity index is 1.21. The van der Waals surface area contributed by atoms with E-state index in [1.807, 2.05) is 24.3 Å². The van der Waals surface area contributed by atoms with Gasteiger partial charge in [-0.25, -0.2) is 0 Å². The number of rotatable bonds is 5. The fourth-order valence-electron chi connectivity index (χ4n) is 3.67. The van der Waals surface area contributed by atoms with Gasteiger partial charge in [-0.15, -0.1) is 0 Å². The predicted molar refractivity (Wildman–Crippen MR) is 121 cm³/mol. The number of carbonyl (C=O) groups excluding carboxylic acids is 3. The van der Waals surface area contributed by atoms with Gasteiger partial charge >= 0.3 is 11.8 Å². The molecule has 2 aromatic carbocycles. The summed E-state index contributed by atoms with van der Waals surface area (Å²) in [7, 11) is 0. The van der Waals surface area contributed by atoms with Crippen molar-refractivity contribution in [2.75, 3.05) is 35.2 Å². The number of fused-ring (bicyclic) bond motifs is 1. The molecule has 3 amide bonds. The van der Waals surface area contributed by atoms with Crippen LogP contribution >= 0.6 is 0 Å². The van der Waals surface area contributed by atoms with Gasteiger partial charge in [-0.05, 0) is 55.2 Å². The molecule has 1 aliphatic rings. The summed E-state index contributed by atoms with van der Waals surface area (Å²) in [5.41, 5.74) is 2.70. The van der Waals surface area contributed by atoms with Crippen LogP contribution in [0.2, 0.25) is 0 Å². The number of nitrogens with one attached hydrogen (secondary N) is 3. The molecule has 32 heavy (non-hydrogen) atoms. The predicted octanol–water partition coefficient (Wildman–Crippen LogP) is 2.76. The average Bonchev–Trinajstić information content (AvgIpc) is 3.23. The largest absolute Gasteiger partial charge is 0.423 e. The lowest BCUT2D eigenvalue weighted by Crippen LogP contribution is -2.41. The van der Waals surface area contributed by atoms with Crippen molar-refractivity contribution in [3.8, 4) is 0 Å². The van der Waals surface area contributed by atoms with Gasteiger partial charge in [-0.3, -0.25) is 14.4 Å². The van der Waals surface area contributed by atoms with Gasteiger partial charge in [0.05, 0.1) is 0 Å². The van der Waals surface area contributed by atoms with E-state index in [1.165, 1.54) is 6.92 Å². The molecule has 4 rings (SSSR count). The van der Waals surface area contributed by atoms with Crippen molar-refractivity contribution >= 4 is 46.2 Å². The van der Waals surface area contributed by atoms with E-state index in [9.17, 15) is 14.4 Å². The molecule has 0 spiro atoms. The zero-order valence-electron chi connectivity index (χ0n) is 17.8. The van der Waals surface area contributed by atoms with Crippen molar-refractivity contribution in [3.63, 3.8) is 0 Å². The summed E-state index contributed by atoms with van der Waals surface area (Å²) in [5.74, 6) is -1.29. The number of piperidine rings is 1. The molecule has 0 saturated carbocycles. The molecule has 2 heterocycles. The lowest BCUT2D eigenvalue weighted by Gasteiger charge is -2.30. The van der Waals surface area contributed by atoms with Crippen molar-refractivity contribution in [1.29, 1.82) is 0 Å². The van der Waals surface area contributed by atoms with E-state index in [0.29, 0.717) is 23.9 Å². The third-order valence-corrected chi connectivity index (χ3v) is 5.39. The molecule has 3 N–H and O–H groups in total. The molecule has 9 heteroatoms. The lowest BCUT2D eigenvalue weighted by molar-refractivity contribution is -0.136. The molecule has 9 nitrogen and oxygen atoms in total. The van der Waals surface area contributed by atoms with Crippen molar-refractivity contribution in [2.45, 2.75) is 19.8 Å². The van der Waals surface area contributed by atoms with E-state index in [2.05, 4.69) is 25.8 Å². The highest BCUT2D eigenvalue weighted by Gasteiger charge is 2.24. The first kappa shape index (κ1) is 21.4. The van der Waals surface area contributed by atoms with Gasteiger partial charge in [0, 0.05) is 37.9 Å². The highest BCUT2D eigenvalue weighted by atomic mass is 16.4. The van der Waals surface area contributed by atoms with Gasteiger partial charge in [-0.2, -0.15) is 4.98 Å². The number of para-hydroxylation sites is 2. The molecule has 1 aliphatic heterocycles. The van der Waals surface area contributed by atoms with E-state index in [0.717, 1.165) is 37.0 Å². The molecular weight excluding hydrogens is 410 g/mol. The minimum Gasteiger partial charge on any atom is -0.423 e. The Bertz CT molecular complexity index is 1080. The van der Waals surface area contributed by atoms with Crippen LogP contribution in [0.5, 0.6) is 0 Å². The van der Waals surface area contributed by atoms with E-state index < -0.39 is 11.8 Å². The van der Waals surface area contributed by atoms with Gasteiger partial charge in [0.1, 0.15) is 5.52 Å². The van der Waals surface area contributed by atoms with Crippen molar-refractivity contribution in [1.82, 2.24) is 10.3 Å². The summed E-state index contributed by atoms with van der Waals surface area (Å²) in [5, 5.41) is 7.92. The maximum Gasteiger partial charge on any atom is 0.313 e. The summed E-state index contributed by atoms with van der Waals surface area (Å²) in [6.07, 6.45) is 1.73. The van der Waals surface area contributed by atoms with Crippen LogP contribution in [0.15, 0.2) is 52.9 Å². The fraction of sp³-hybridized carbons (Fsp3) is 0.304. The van der Waals surface area contributed by atoms with E-state index in [4.69, 9.17) is 4.42 Å². The van der Waals surface area contributed by atoms with E-state index in [1.54, 1.807) is 24.3 Å². The summed E-state index contributed by atoms with van der Waals surface area (Å²) in [4.78, 5) is 42.0. The molecule has 0 aliphatic carbocycles. The van der Waals surface area contributed by atoms with Gasteiger partial charge in [-0.1, -0.05) is 12.1 Å². The van der Waals surface area contributed by atoms with Crippen molar-refractivity contribution < 1.29 is 18.8 Å². The molecule has 0 unspecified atom stereocenters. The molecule has 1 saturated heterocycles. The molecule has 0 bridgehead atoms. The number of anilines is 3. The first-order valence-electron chi connectivity index (χ1n) is 10.6. The summed E-state index contributed by atoms with van der Waals surface area (Å²) in [6, 6.07) is 14.8. The molecule has 0 radical (unpaired) electrons. The van der Waals surface area contributed by atoms with Crippen LogP contribution in [0.3, 0.4) is 0 Å². The summed E-state index contributed by atoms with van der Waals surface area (Å²) < 4.78 is 5.83. The second kappa shape index (κ2) is 9.51. The number of carbonyl (C=O) groups is 3. The minimum atomic E-state index is -0.721. The van der Waals surface area contributed by atoms with Crippen molar-refractivity contribution in [2.24, 2.45) is 5.92 Å². The topological polar surface area (TPSA) is 117 Å². The molecular formula is C23H25N5O4. The van der Waals surface area contributed by atoms with Crippen LogP contribution in [0.4, 0.5) is 17.4 Å². The van der Waals surface area contributed by atoms with Crippen LogP contribution in [0.25, 0.3) is 11.1 Å². The zero-order chi connectivity index (χ0) is 22.5. The molecule has 1 fully saturated rings. The van der Waals surface area contributed by atoms with Gasteiger partial charge in [0.2, 0.25) is 5.91 Å². The maximum atomic E-state index is 12.2. The number of amides is 3. The highest BCUT2D eigenvalue weighted by Crippen LogP contribution is 2.26. The lowest BCUT2D eigenvalue weighted by atomic mass is 9.97. The Morgan fingerprint density at radius 2 is 1.62 bits per heavy atom. The van der Waals surface area contributed by atoms with E-state index in [-0.39, 0.29) is 11.8 Å². The fourth-order valence-corrected chi connectivity index (χ4v) is 3.67. The number of benzene rings is 2. The molecule has 3 aromatic rings. The maximum absolute atomic E-state index is 12.2. The SMILES string of the molecule is CC(=O)Nc1ccc(NC(=O)C(=O)NCC2CCN(c3nc4ccccc4o3)CC2)cc1. The minimum absolute atomic E-state index is 0.180. The van der Waals surface area contributed by atoms with E-state index >= 15 is 0 Å². The zero-order valence-corrected chi connectivity index (χ0v) is 17.8. The second-order valence-corrected chi connectivity index (χ2v) is 7.82.